The number of nitrogens with zero attached hydrogens (tertiary/aromatic N) is 5. The highest BCUT2D eigenvalue weighted by atomic mass is 32.2. The fraction of sp³-hybridized carbons (Fsp3) is 0.519. The maximum Gasteiger partial charge on any atom is 0.297 e. The topological polar surface area (TPSA) is 214 Å². The number of piperidine rings is 1. The van der Waals surface area contributed by atoms with E-state index in [9.17, 15) is 28.4 Å². The number of sulfonamides is 1. The lowest BCUT2D eigenvalue weighted by Crippen LogP contribution is -2.55. The lowest BCUT2D eigenvalue weighted by Gasteiger charge is -2.56. The number of hydrogen-bond acceptors (Lipinski definition) is 15. The van der Waals surface area contributed by atoms with Crippen molar-refractivity contribution in [2.75, 3.05) is 54.6 Å². The lowest BCUT2D eigenvalue weighted by molar-refractivity contribution is -0.384. The molecule has 0 radical (unpaired) electrons. The Morgan fingerprint density at radius 1 is 0.986 bits per heavy atom. The standard InChI is InChI=1S/C54H63FN8O10S/c1-32(2)72-44-9-5-4-7-37(44)39-8-6-20-61(39)35-27-53(28-35)17-21-60(22-18-53)34-10-11-38(40(24-34)62-42-23-33-12-19-56-49(33)58-51(42)73-46-30-70-29-43(46)62)50(64)59-74(68,69)36-25-41(63(66)67)48-45(26-36)71-31-47(57-48)54(55)15-13-52(3,65)14-16-54/h4-5,7,9-12,19,23-26,32,35,39,43,46-47,57,65H,6,8,13-18,20-22,27-31H2,1-3H3,(H,56,58)(H,59,64)/t39-,43+,46+,47-,52?,54?/m0/s1. The Morgan fingerprint density at radius 3 is 2.54 bits per heavy atom. The van der Waals surface area contributed by atoms with Crippen molar-refractivity contribution in [2.24, 2.45) is 5.41 Å². The van der Waals surface area contributed by atoms with Crippen LogP contribution in [0, 0.1) is 15.5 Å². The van der Waals surface area contributed by atoms with Crippen molar-refractivity contribution in [2.45, 2.75) is 138 Å². The van der Waals surface area contributed by atoms with Gasteiger partial charge < -0.3 is 44.2 Å². The zero-order chi connectivity index (χ0) is 51.3. The van der Waals surface area contributed by atoms with Crippen molar-refractivity contribution < 1.29 is 46.6 Å². The van der Waals surface area contributed by atoms with Crippen LogP contribution in [-0.2, 0) is 14.8 Å². The number of rotatable bonds is 11. The van der Waals surface area contributed by atoms with Gasteiger partial charge in [0.1, 0.15) is 35.5 Å². The number of benzene rings is 3. The van der Waals surface area contributed by atoms with Gasteiger partial charge in [0.05, 0.1) is 58.1 Å². The quantitative estimate of drug-likeness (QED) is 0.0722. The molecule has 20 heteroatoms. The molecule has 4 atom stereocenters. The molecule has 0 unspecified atom stereocenters. The van der Waals surface area contributed by atoms with E-state index in [0.29, 0.717) is 35.0 Å². The van der Waals surface area contributed by atoms with Gasteiger partial charge in [0.25, 0.3) is 21.6 Å². The summed E-state index contributed by atoms with van der Waals surface area (Å²) in [6.07, 6.45) is 8.40. The molecule has 74 heavy (non-hydrogen) atoms. The number of para-hydroxylation sites is 1. The summed E-state index contributed by atoms with van der Waals surface area (Å²) in [5.41, 5.74) is 0.353. The summed E-state index contributed by atoms with van der Waals surface area (Å²) >= 11 is 0. The second-order valence-electron chi connectivity index (χ2n) is 22.3. The molecule has 4 N–H and O–H groups in total. The summed E-state index contributed by atoms with van der Waals surface area (Å²) < 4.78 is 71.8. The molecule has 5 aromatic rings. The molecule has 3 saturated heterocycles. The number of H-pyrrole nitrogens is 1. The van der Waals surface area contributed by atoms with Crippen LogP contribution in [0.2, 0.25) is 0 Å². The summed E-state index contributed by atoms with van der Waals surface area (Å²) in [5, 5.41) is 26.8. The highest BCUT2D eigenvalue weighted by Crippen LogP contribution is 2.55. The first-order valence-electron chi connectivity index (χ1n) is 26.1. The number of aromatic nitrogens is 2. The van der Waals surface area contributed by atoms with Crippen LogP contribution in [0.4, 0.5) is 32.8 Å². The number of likely N-dealkylation sites (tertiary alicyclic amines) is 1. The van der Waals surface area contributed by atoms with Crippen LogP contribution in [-0.4, -0.2) is 120 Å². The van der Waals surface area contributed by atoms with E-state index in [1.54, 1.807) is 19.2 Å². The Balaban J connectivity index is 0.821. The summed E-state index contributed by atoms with van der Waals surface area (Å²) in [6.45, 7) is 8.75. The third-order valence-corrected chi connectivity index (χ3v) is 18.4. The van der Waals surface area contributed by atoms with E-state index >= 15 is 4.39 Å². The molecule has 5 aliphatic heterocycles. The first-order chi connectivity index (χ1) is 35.5. The van der Waals surface area contributed by atoms with E-state index in [-0.39, 0.29) is 74.0 Å². The van der Waals surface area contributed by atoms with E-state index in [4.69, 9.17) is 23.9 Å². The summed E-state index contributed by atoms with van der Waals surface area (Å²) in [5.74, 6) is 0.178. The van der Waals surface area contributed by atoms with Gasteiger partial charge in [-0.2, -0.15) is 4.98 Å². The number of anilines is 4. The number of nitrogens with one attached hydrogen (secondary N) is 3. The Labute approximate surface area is 429 Å². The number of aliphatic hydroxyl groups is 1. The third-order valence-electron chi connectivity index (χ3n) is 17.0. The summed E-state index contributed by atoms with van der Waals surface area (Å²) in [7, 11) is -4.80. The minimum absolute atomic E-state index is 0.00779. The summed E-state index contributed by atoms with van der Waals surface area (Å²) in [4.78, 5) is 41.0. The van der Waals surface area contributed by atoms with Crippen molar-refractivity contribution in [3.8, 4) is 17.4 Å². The van der Waals surface area contributed by atoms with Crippen LogP contribution in [0.1, 0.15) is 107 Å². The van der Waals surface area contributed by atoms with Gasteiger partial charge in [-0.3, -0.25) is 19.8 Å². The van der Waals surface area contributed by atoms with E-state index in [1.165, 1.54) is 5.56 Å². The fourth-order valence-corrected chi connectivity index (χ4v) is 13.9. The highest BCUT2D eigenvalue weighted by Gasteiger charge is 2.51. The number of nitro groups is 1. The van der Waals surface area contributed by atoms with Crippen LogP contribution >= 0.6 is 0 Å². The second kappa shape index (κ2) is 18.3. The van der Waals surface area contributed by atoms with E-state index in [1.807, 2.05) is 29.2 Å². The number of fused-ring (bicyclic) bond motifs is 4. The van der Waals surface area contributed by atoms with Crippen molar-refractivity contribution in [1.82, 2.24) is 19.6 Å². The SMILES string of the molecule is CC(C)Oc1ccccc1[C@@H]1CCCN1C1CC2(CCN(c3ccc(C(=O)NS(=O)(=O)c4cc5c(c([N+](=O)[O-])c4)N[C@H](C4(F)CCC(C)(O)CC4)CO5)c(N4c5cc6cc[nH]c6nc5O[C@@H]5COC[C@H]54)c3)CC2)C1. The molecule has 18 nitrogen and oxygen atoms in total. The number of nitro benzene ring substituents is 1. The number of carbonyl (C=O) groups is 1. The number of hydrogen-bond donors (Lipinski definition) is 4. The molecule has 2 saturated carbocycles. The predicted molar refractivity (Wildman–Crippen MR) is 275 cm³/mol. The monoisotopic (exact) mass is 1030 g/mol. The molecule has 1 amide bonds. The van der Waals surface area contributed by atoms with E-state index < -0.39 is 60.9 Å². The zero-order valence-electron chi connectivity index (χ0n) is 41.8. The van der Waals surface area contributed by atoms with Gasteiger partial charge >= 0.3 is 0 Å². The van der Waals surface area contributed by atoms with Gasteiger partial charge in [-0.05, 0) is 133 Å². The maximum absolute atomic E-state index is 16.3. The smallest absolute Gasteiger partial charge is 0.297 e. The van der Waals surface area contributed by atoms with E-state index in [0.717, 1.165) is 87.1 Å². The molecule has 7 heterocycles. The number of carbonyl (C=O) groups excluding carboxylic acids is 1. The second-order valence-corrected chi connectivity index (χ2v) is 23.9. The van der Waals surface area contributed by atoms with Gasteiger partial charge in [0, 0.05) is 60.1 Å². The molecule has 2 aromatic heterocycles. The van der Waals surface area contributed by atoms with Crippen LogP contribution in [0.15, 0.2) is 77.8 Å². The Bertz CT molecular complexity index is 3130. The van der Waals surface area contributed by atoms with Crippen LogP contribution in [0.5, 0.6) is 17.4 Å². The van der Waals surface area contributed by atoms with Crippen LogP contribution in [0.25, 0.3) is 11.0 Å². The molecule has 1 spiro atoms. The Kier molecular flexibility index (Phi) is 12.0. The van der Waals surface area contributed by atoms with Gasteiger partial charge in [-0.25, -0.2) is 17.5 Å². The number of amides is 1. The summed E-state index contributed by atoms with van der Waals surface area (Å²) in [6, 6.07) is 19.1. The zero-order valence-corrected chi connectivity index (χ0v) is 42.7. The van der Waals surface area contributed by atoms with Crippen LogP contribution < -0.4 is 34.0 Å². The third kappa shape index (κ3) is 8.73. The van der Waals surface area contributed by atoms with Crippen molar-refractivity contribution in [1.29, 1.82) is 0 Å². The van der Waals surface area contributed by atoms with Gasteiger partial charge in [-0.15, -0.1) is 0 Å². The molecule has 5 fully saturated rings. The van der Waals surface area contributed by atoms with E-state index in [2.05, 4.69) is 62.9 Å². The number of ether oxygens (including phenoxy) is 4. The maximum atomic E-state index is 16.3. The number of pyridine rings is 1. The molecular formula is C54H63FN8O10S. The van der Waals surface area contributed by atoms with Gasteiger partial charge in [0.15, 0.2) is 11.4 Å². The van der Waals surface area contributed by atoms with Crippen molar-refractivity contribution in [3.63, 3.8) is 0 Å². The Hall–Kier alpha value is -6.22. The van der Waals surface area contributed by atoms with Gasteiger partial charge in [0.2, 0.25) is 5.88 Å². The average Bonchev–Trinajstić information content (AvgIpc) is 4.16. The van der Waals surface area contributed by atoms with Crippen LogP contribution in [0.3, 0.4) is 0 Å². The first-order valence-corrected chi connectivity index (χ1v) is 27.6. The minimum atomic E-state index is -4.80. The van der Waals surface area contributed by atoms with Gasteiger partial charge in [-0.1, -0.05) is 18.2 Å². The molecule has 7 aliphatic rings. The minimum Gasteiger partial charge on any atom is -0.491 e. The van der Waals surface area contributed by atoms with Crippen molar-refractivity contribution in [3.05, 3.63) is 94.2 Å². The molecule has 2 aliphatic carbocycles. The molecule has 0 bridgehead atoms. The number of aromatic amines is 1. The lowest BCUT2D eigenvalue weighted by atomic mass is 9.60. The van der Waals surface area contributed by atoms with Crippen molar-refractivity contribution >= 4 is 55.4 Å². The number of halogens is 1. The molecular weight excluding hydrogens is 972 g/mol. The number of alkyl halides is 1. The highest BCUT2D eigenvalue weighted by molar-refractivity contribution is 7.90. The Morgan fingerprint density at radius 2 is 1.77 bits per heavy atom. The average molecular weight is 1040 g/mol. The fourth-order valence-electron chi connectivity index (χ4n) is 12.9. The molecule has 12 rings (SSSR count). The molecule has 392 valence electrons. The largest absolute Gasteiger partial charge is 0.491 e. The first kappa shape index (κ1) is 48.7. The normalized spacial score (nSPS) is 27.6. The molecule has 3 aromatic carbocycles. The predicted octanol–water partition coefficient (Wildman–Crippen LogP) is 8.47.